The first kappa shape index (κ1) is 27.1. The Morgan fingerprint density at radius 1 is 0.516 bits per heavy atom. The van der Waals surface area contributed by atoms with E-state index in [4.69, 9.17) is 0 Å². The molecule has 0 aromatic heterocycles. The highest BCUT2D eigenvalue weighted by Gasteiger charge is 2.39. The molecular weight excluding hydrogens is 380 g/mol. The smallest absolute Gasteiger partial charge is 0.0217 e. The molecule has 4 heterocycles. The van der Waals surface area contributed by atoms with Crippen molar-refractivity contribution in [2.24, 2.45) is 5.41 Å². The van der Waals surface area contributed by atoms with E-state index in [1.165, 1.54) is 90.8 Å². The second kappa shape index (κ2) is 12.3. The average Bonchev–Trinajstić information content (AvgIpc) is 2.75. The normalized spacial score (nSPS) is 26.4. The first-order valence-electron chi connectivity index (χ1n) is 13.7. The van der Waals surface area contributed by atoms with E-state index in [0.29, 0.717) is 11.0 Å². The molecular formula is C27H56N4. The van der Waals surface area contributed by atoms with E-state index in [-0.39, 0.29) is 0 Å². The van der Waals surface area contributed by atoms with Gasteiger partial charge in [-0.15, -0.1) is 0 Å². The van der Waals surface area contributed by atoms with E-state index in [1.54, 1.807) is 0 Å². The van der Waals surface area contributed by atoms with E-state index >= 15 is 0 Å². The maximum Gasteiger partial charge on any atom is 0.0217 e. The van der Waals surface area contributed by atoms with Gasteiger partial charge in [-0.1, -0.05) is 13.8 Å². The molecule has 4 aliphatic heterocycles. The number of likely N-dealkylation sites (tertiary alicyclic amines) is 3. The van der Waals surface area contributed by atoms with Crippen LogP contribution in [0.3, 0.4) is 0 Å². The fourth-order valence-electron chi connectivity index (χ4n) is 5.90. The molecule has 4 saturated heterocycles. The highest BCUT2D eigenvalue weighted by atomic mass is 15.2. The van der Waals surface area contributed by atoms with Gasteiger partial charge in [0.25, 0.3) is 0 Å². The van der Waals surface area contributed by atoms with Crippen molar-refractivity contribution < 1.29 is 0 Å². The molecule has 0 bridgehead atoms. The van der Waals surface area contributed by atoms with E-state index < -0.39 is 0 Å². The van der Waals surface area contributed by atoms with Gasteiger partial charge in [0, 0.05) is 36.8 Å². The van der Waals surface area contributed by atoms with Crippen LogP contribution in [0.1, 0.15) is 100 Å². The van der Waals surface area contributed by atoms with E-state index in [1.807, 2.05) is 13.8 Å². The summed E-state index contributed by atoms with van der Waals surface area (Å²) in [5, 5.41) is 3.59. The zero-order valence-electron chi connectivity index (χ0n) is 22.5. The molecule has 4 heteroatoms. The van der Waals surface area contributed by atoms with E-state index in [9.17, 15) is 0 Å². The van der Waals surface area contributed by atoms with Crippen LogP contribution >= 0.6 is 0 Å². The zero-order valence-corrected chi connectivity index (χ0v) is 22.5. The lowest BCUT2D eigenvalue weighted by Crippen LogP contribution is -2.62. The van der Waals surface area contributed by atoms with Crippen LogP contribution in [0.15, 0.2) is 0 Å². The molecule has 1 N–H and O–H groups in total. The topological polar surface area (TPSA) is 21.8 Å². The Bertz CT molecular complexity index is 442. The number of hydrogen-bond donors (Lipinski definition) is 1. The van der Waals surface area contributed by atoms with E-state index in [2.05, 4.69) is 61.6 Å². The minimum Gasteiger partial charge on any atom is -0.311 e. The number of nitrogens with one attached hydrogen (secondary N) is 1. The summed E-state index contributed by atoms with van der Waals surface area (Å²) in [5.74, 6) is 0. The Labute approximate surface area is 195 Å². The van der Waals surface area contributed by atoms with Crippen LogP contribution in [0.4, 0.5) is 0 Å². The molecule has 4 rings (SSSR count). The van der Waals surface area contributed by atoms with Crippen molar-refractivity contribution in [2.75, 3.05) is 45.8 Å². The van der Waals surface area contributed by atoms with E-state index in [0.717, 1.165) is 18.1 Å². The number of rotatable bonds is 3. The standard InChI is InChI=1S/C15H30N2.C10H20N2.C2H6/c1-13(2)16-9-5-15(6-10-16)7-11-17(12-8-15)14(3)4;1-9(2)12-7-4-10(5-8-12)3-6-11-10;1-2/h13-14H,5-12H2,1-4H3;9,11H,3-8H2,1-2H3;1-2H3. The predicted molar refractivity (Wildman–Crippen MR) is 137 cm³/mol. The maximum absolute atomic E-state index is 3.59. The lowest BCUT2D eigenvalue weighted by atomic mass is 9.71. The molecule has 0 saturated carbocycles. The fraction of sp³-hybridized carbons (Fsp3) is 1.00. The molecule has 0 unspecified atom stereocenters. The maximum atomic E-state index is 3.59. The van der Waals surface area contributed by atoms with Crippen molar-refractivity contribution in [1.82, 2.24) is 20.0 Å². The Morgan fingerprint density at radius 2 is 0.806 bits per heavy atom. The van der Waals surface area contributed by atoms with Crippen LogP contribution < -0.4 is 5.32 Å². The van der Waals surface area contributed by atoms with Crippen LogP contribution in [0.5, 0.6) is 0 Å². The van der Waals surface area contributed by atoms with Gasteiger partial charge in [-0.3, -0.25) is 0 Å². The highest BCUT2D eigenvalue weighted by Crippen LogP contribution is 2.41. The largest absolute Gasteiger partial charge is 0.311 e. The molecule has 0 atom stereocenters. The second-order valence-electron chi connectivity index (χ2n) is 11.3. The van der Waals surface area contributed by atoms with Gasteiger partial charge in [-0.2, -0.15) is 0 Å². The molecule has 184 valence electrons. The molecule has 31 heavy (non-hydrogen) atoms. The minimum absolute atomic E-state index is 0.575. The summed E-state index contributed by atoms with van der Waals surface area (Å²) in [7, 11) is 0. The third kappa shape index (κ3) is 7.42. The molecule has 0 aliphatic carbocycles. The number of nitrogens with zero attached hydrogens (tertiary/aromatic N) is 3. The third-order valence-corrected chi connectivity index (χ3v) is 8.77. The Balaban J connectivity index is 0.000000214. The number of piperidine rings is 3. The lowest BCUT2D eigenvalue weighted by Gasteiger charge is -2.49. The van der Waals surface area contributed by atoms with Gasteiger partial charge >= 0.3 is 0 Å². The molecule has 4 nitrogen and oxygen atoms in total. The van der Waals surface area contributed by atoms with Crippen molar-refractivity contribution in [3.63, 3.8) is 0 Å². The zero-order chi connectivity index (χ0) is 23.1. The Kier molecular flexibility index (Phi) is 10.8. The van der Waals surface area contributed by atoms with Crippen molar-refractivity contribution in [1.29, 1.82) is 0 Å². The molecule has 0 amide bonds. The first-order chi connectivity index (χ1) is 14.7. The van der Waals surface area contributed by atoms with Crippen LogP contribution in [-0.4, -0.2) is 84.2 Å². The van der Waals surface area contributed by atoms with Gasteiger partial charge < -0.3 is 20.0 Å². The molecule has 0 radical (unpaired) electrons. The molecule has 0 aromatic carbocycles. The van der Waals surface area contributed by atoms with Gasteiger partial charge in [0.1, 0.15) is 0 Å². The van der Waals surface area contributed by atoms with Gasteiger partial charge in [0.15, 0.2) is 0 Å². The Morgan fingerprint density at radius 3 is 1.03 bits per heavy atom. The first-order valence-corrected chi connectivity index (χ1v) is 13.7. The predicted octanol–water partition coefficient (Wildman–Crippen LogP) is 5.23. The van der Waals surface area contributed by atoms with Crippen molar-refractivity contribution in [3.8, 4) is 0 Å². The minimum atomic E-state index is 0.575. The summed E-state index contributed by atoms with van der Waals surface area (Å²) in [5.41, 5.74) is 1.28. The summed E-state index contributed by atoms with van der Waals surface area (Å²) < 4.78 is 0. The summed E-state index contributed by atoms with van der Waals surface area (Å²) >= 11 is 0. The average molecular weight is 437 g/mol. The van der Waals surface area contributed by atoms with Crippen LogP contribution in [0.2, 0.25) is 0 Å². The highest BCUT2D eigenvalue weighted by molar-refractivity contribution is 5.00. The van der Waals surface area contributed by atoms with Crippen LogP contribution in [-0.2, 0) is 0 Å². The second-order valence-corrected chi connectivity index (χ2v) is 11.3. The molecule has 4 aliphatic rings. The summed E-state index contributed by atoms with van der Waals surface area (Å²) in [4.78, 5) is 7.89. The van der Waals surface area contributed by atoms with Crippen molar-refractivity contribution >= 4 is 0 Å². The third-order valence-electron chi connectivity index (χ3n) is 8.77. The van der Waals surface area contributed by atoms with Gasteiger partial charge in [-0.05, 0) is 125 Å². The summed E-state index contributed by atoms with van der Waals surface area (Å²) in [6.07, 6.45) is 9.91. The summed E-state index contributed by atoms with van der Waals surface area (Å²) in [6.45, 7) is 27.1. The van der Waals surface area contributed by atoms with Crippen LogP contribution in [0.25, 0.3) is 0 Å². The molecule has 4 fully saturated rings. The molecule has 2 spiro atoms. The lowest BCUT2D eigenvalue weighted by molar-refractivity contribution is 0.0168. The van der Waals surface area contributed by atoms with Gasteiger partial charge in [0.2, 0.25) is 0 Å². The quantitative estimate of drug-likeness (QED) is 0.654. The van der Waals surface area contributed by atoms with Gasteiger partial charge in [0.05, 0.1) is 0 Å². The Hall–Kier alpha value is -0.160. The monoisotopic (exact) mass is 436 g/mol. The molecule has 0 aromatic rings. The van der Waals surface area contributed by atoms with Gasteiger partial charge in [-0.25, -0.2) is 0 Å². The fourth-order valence-corrected chi connectivity index (χ4v) is 5.90. The summed E-state index contributed by atoms with van der Waals surface area (Å²) in [6, 6.07) is 2.22. The van der Waals surface area contributed by atoms with Crippen molar-refractivity contribution in [3.05, 3.63) is 0 Å². The van der Waals surface area contributed by atoms with Crippen LogP contribution in [0, 0.1) is 5.41 Å². The number of hydrogen-bond acceptors (Lipinski definition) is 4. The van der Waals surface area contributed by atoms with Crippen molar-refractivity contribution in [2.45, 2.75) is 124 Å². The SMILES string of the molecule is CC.CC(C)N1CCC2(CC1)CCN(C(C)C)CC2.CC(C)N1CCC2(CCN2)CC1.